The van der Waals surface area contributed by atoms with Crippen LogP contribution in [0, 0.1) is 20.8 Å². The molecule has 0 radical (unpaired) electrons. The summed E-state index contributed by atoms with van der Waals surface area (Å²) in [6, 6.07) is 7.34. The van der Waals surface area contributed by atoms with Crippen LogP contribution in [0.15, 0.2) is 39.7 Å². The lowest BCUT2D eigenvalue weighted by Crippen LogP contribution is -2.38. The molecule has 0 amide bonds. The van der Waals surface area contributed by atoms with Crippen molar-refractivity contribution in [2.75, 3.05) is 6.26 Å². The van der Waals surface area contributed by atoms with Crippen molar-refractivity contribution < 1.29 is 23.8 Å². The second kappa shape index (κ2) is 8.59. The molecule has 162 valence electrons. The molecule has 0 fully saturated rings. The molecular weight excluding hydrogens is 414 g/mol. The van der Waals surface area contributed by atoms with Gasteiger partial charge in [0.1, 0.15) is 11.3 Å². The quantitative estimate of drug-likeness (QED) is 0.291. The fourth-order valence-electron chi connectivity index (χ4n) is 3.25. The van der Waals surface area contributed by atoms with E-state index in [1.165, 1.54) is 19.9 Å². The van der Waals surface area contributed by atoms with E-state index >= 15 is 0 Å². The molecule has 0 unspecified atom stereocenters. The molecule has 3 rings (SSSR count). The number of ketones is 1. The van der Waals surface area contributed by atoms with E-state index in [1.54, 1.807) is 30.8 Å². The third-order valence-corrected chi connectivity index (χ3v) is 5.65. The number of ether oxygens (including phenoxy) is 1. The Morgan fingerprint density at radius 3 is 2.39 bits per heavy atom. The summed E-state index contributed by atoms with van der Waals surface area (Å²) >= 11 is 1.55. The number of aliphatic carboxylic acids is 1. The van der Waals surface area contributed by atoms with Crippen molar-refractivity contribution in [2.24, 2.45) is 0 Å². The van der Waals surface area contributed by atoms with Crippen LogP contribution in [0.2, 0.25) is 0 Å². The highest BCUT2D eigenvalue weighted by molar-refractivity contribution is 7.98. The van der Waals surface area contributed by atoms with E-state index in [-0.39, 0.29) is 5.78 Å². The molecule has 7 heteroatoms. The van der Waals surface area contributed by atoms with Crippen LogP contribution in [-0.2, 0) is 4.79 Å². The molecule has 1 N–H and O–H groups in total. The molecule has 0 saturated heterocycles. The molecule has 31 heavy (non-hydrogen) atoms. The Bertz CT molecular complexity index is 1180. The first-order valence-electron chi connectivity index (χ1n) is 9.73. The maximum absolute atomic E-state index is 12.9. The van der Waals surface area contributed by atoms with Gasteiger partial charge in [-0.3, -0.25) is 4.79 Å². The van der Waals surface area contributed by atoms with Gasteiger partial charge in [-0.15, -0.1) is 11.8 Å². The van der Waals surface area contributed by atoms with Crippen LogP contribution >= 0.6 is 11.8 Å². The number of aromatic nitrogens is 1. The van der Waals surface area contributed by atoms with Crippen LogP contribution in [0.5, 0.6) is 5.75 Å². The summed E-state index contributed by atoms with van der Waals surface area (Å²) in [6.45, 7) is 8.47. The van der Waals surface area contributed by atoms with Crippen molar-refractivity contribution in [3.63, 3.8) is 0 Å². The average Bonchev–Trinajstić information content (AvgIpc) is 3.09. The summed E-state index contributed by atoms with van der Waals surface area (Å²) in [5.41, 5.74) is 2.70. The summed E-state index contributed by atoms with van der Waals surface area (Å²) in [7, 11) is 0. The number of rotatable bonds is 7. The number of carboxylic acid groups (broad SMARTS) is 1. The third-order valence-electron chi connectivity index (χ3n) is 4.88. The van der Waals surface area contributed by atoms with Crippen LogP contribution in [0.3, 0.4) is 0 Å². The molecule has 0 aliphatic carbocycles. The molecule has 0 aliphatic rings. The molecular formula is C24H25NO5S. The number of nitrogens with zero attached hydrogens (tertiary/aromatic N) is 1. The van der Waals surface area contributed by atoms with E-state index in [0.29, 0.717) is 28.3 Å². The smallest absolute Gasteiger partial charge is 0.347 e. The summed E-state index contributed by atoms with van der Waals surface area (Å²) in [4.78, 5) is 29.6. The topological polar surface area (TPSA) is 89.6 Å². The Hall–Kier alpha value is -3.06. The zero-order valence-electron chi connectivity index (χ0n) is 18.4. The lowest BCUT2D eigenvalue weighted by molar-refractivity contribution is -0.152. The molecule has 0 bridgehead atoms. The fourth-order valence-corrected chi connectivity index (χ4v) is 3.79. The second-order valence-electron chi connectivity index (χ2n) is 7.82. The van der Waals surface area contributed by atoms with Crippen molar-refractivity contribution in [2.45, 2.75) is 45.1 Å². The molecule has 0 atom stereocenters. The Morgan fingerprint density at radius 1 is 1.16 bits per heavy atom. The normalized spacial score (nSPS) is 11.9. The lowest BCUT2D eigenvalue weighted by Gasteiger charge is -2.24. The minimum atomic E-state index is -1.34. The summed E-state index contributed by atoms with van der Waals surface area (Å²) in [6.07, 6.45) is 5.18. The molecule has 0 aliphatic heterocycles. The number of carbonyl (C=O) groups is 2. The maximum Gasteiger partial charge on any atom is 0.347 e. The van der Waals surface area contributed by atoms with Crippen LogP contribution in [0.1, 0.15) is 46.8 Å². The molecule has 0 spiro atoms. The van der Waals surface area contributed by atoms with Gasteiger partial charge in [-0.2, -0.15) is 0 Å². The summed E-state index contributed by atoms with van der Waals surface area (Å²) in [5.74, 6) is -0.179. The number of benzene rings is 2. The van der Waals surface area contributed by atoms with Gasteiger partial charge in [-0.25, -0.2) is 9.78 Å². The van der Waals surface area contributed by atoms with Crippen LogP contribution in [0.4, 0.5) is 0 Å². The maximum atomic E-state index is 12.9. The van der Waals surface area contributed by atoms with Crippen LogP contribution in [-0.4, -0.2) is 33.7 Å². The molecule has 1 heterocycles. The van der Waals surface area contributed by atoms with E-state index < -0.39 is 11.6 Å². The highest BCUT2D eigenvalue weighted by Gasteiger charge is 2.30. The number of allylic oxidation sites excluding steroid dienone is 1. The predicted molar refractivity (Wildman–Crippen MR) is 122 cm³/mol. The van der Waals surface area contributed by atoms with E-state index in [1.807, 2.05) is 38.3 Å². The van der Waals surface area contributed by atoms with Gasteiger partial charge in [0.2, 0.25) is 0 Å². The lowest BCUT2D eigenvalue weighted by atomic mass is 10.0. The van der Waals surface area contributed by atoms with Gasteiger partial charge >= 0.3 is 5.97 Å². The van der Waals surface area contributed by atoms with Gasteiger partial charge in [0.05, 0.1) is 5.56 Å². The summed E-state index contributed by atoms with van der Waals surface area (Å²) < 4.78 is 11.4. The van der Waals surface area contributed by atoms with Crippen molar-refractivity contribution in [3.8, 4) is 5.75 Å². The predicted octanol–water partition coefficient (Wildman–Crippen LogP) is 5.61. The van der Waals surface area contributed by atoms with Gasteiger partial charge in [-0.05, 0) is 81.0 Å². The van der Waals surface area contributed by atoms with E-state index in [2.05, 4.69) is 4.98 Å². The highest BCUT2D eigenvalue weighted by atomic mass is 32.2. The standard InChI is InChI=1S/C24H25NO5S/c1-13-11-16(12-14(2)21(13)30-24(4,5)23(27)28)7-9-18(26)17-8-10-19(31-6)20-22(17)29-15(3)25-20/h7-12H,1-6H3,(H,27,28)/b9-7+. The van der Waals surface area contributed by atoms with Gasteiger partial charge in [0.25, 0.3) is 0 Å². The zero-order valence-corrected chi connectivity index (χ0v) is 19.2. The van der Waals surface area contributed by atoms with Crippen LogP contribution in [0.25, 0.3) is 17.2 Å². The Balaban J connectivity index is 1.90. The first-order valence-corrected chi connectivity index (χ1v) is 11.0. The van der Waals surface area contributed by atoms with Crippen molar-refractivity contribution in [1.29, 1.82) is 0 Å². The summed E-state index contributed by atoms with van der Waals surface area (Å²) in [5, 5.41) is 9.32. The largest absolute Gasteiger partial charge is 0.478 e. The molecule has 2 aromatic carbocycles. The number of hydrogen-bond acceptors (Lipinski definition) is 6. The van der Waals surface area contributed by atoms with Gasteiger partial charge in [0.15, 0.2) is 22.9 Å². The van der Waals surface area contributed by atoms with Gasteiger partial charge < -0.3 is 14.3 Å². The molecule has 6 nitrogen and oxygen atoms in total. The number of carboxylic acids is 1. The van der Waals surface area contributed by atoms with Gasteiger partial charge in [0, 0.05) is 11.8 Å². The molecule has 0 saturated carbocycles. The Kier molecular flexibility index (Phi) is 6.27. The van der Waals surface area contributed by atoms with Crippen molar-refractivity contribution in [1.82, 2.24) is 4.98 Å². The Morgan fingerprint density at radius 2 is 1.81 bits per heavy atom. The minimum absolute atomic E-state index is 0.184. The van der Waals surface area contributed by atoms with E-state index in [4.69, 9.17) is 9.15 Å². The molecule has 3 aromatic rings. The number of carbonyl (C=O) groups excluding carboxylic acids is 1. The van der Waals surface area contributed by atoms with Crippen molar-refractivity contribution in [3.05, 3.63) is 58.5 Å². The first kappa shape index (κ1) is 22.6. The third kappa shape index (κ3) is 4.66. The van der Waals surface area contributed by atoms with Crippen LogP contribution < -0.4 is 4.74 Å². The SMILES string of the molecule is CSc1ccc(C(=O)/C=C/c2cc(C)c(OC(C)(C)C(=O)O)c(C)c2)c2oc(C)nc12. The van der Waals surface area contributed by atoms with E-state index in [9.17, 15) is 14.7 Å². The van der Waals surface area contributed by atoms with Gasteiger partial charge in [-0.1, -0.05) is 6.08 Å². The Labute approximate surface area is 185 Å². The monoisotopic (exact) mass is 439 g/mol. The number of thioether (sulfide) groups is 1. The van der Waals surface area contributed by atoms with E-state index in [0.717, 1.165) is 21.6 Å². The molecule has 1 aromatic heterocycles. The van der Waals surface area contributed by atoms with Crippen molar-refractivity contribution >= 4 is 40.7 Å². The first-order chi connectivity index (χ1) is 14.5. The average molecular weight is 440 g/mol. The fraction of sp³-hybridized carbons (Fsp3) is 0.292. The second-order valence-corrected chi connectivity index (χ2v) is 8.67. The minimum Gasteiger partial charge on any atom is -0.478 e. The zero-order chi connectivity index (χ0) is 22.9. The highest BCUT2D eigenvalue weighted by Crippen LogP contribution is 2.31. The number of aryl methyl sites for hydroxylation is 3. The number of fused-ring (bicyclic) bond motifs is 1. The number of hydrogen-bond donors (Lipinski definition) is 1. The number of oxazole rings is 1.